The Labute approximate surface area is 121 Å². The van der Waals surface area contributed by atoms with Gasteiger partial charge in [0.15, 0.2) is 0 Å². The maximum absolute atomic E-state index is 9.64. The van der Waals surface area contributed by atoms with E-state index in [2.05, 4.69) is 37.4 Å². The topological polar surface area (TPSA) is 59.3 Å². The lowest BCUT2D eigenvalue weighted by Gasteiger charge is -2.35. The van der Waals surface area contributed by atoms with Crippen molar-refractivity contribution in [3.63, 3.8) is 0 Å². The first kappa shape index (κ1) is 15.5. The van der Waals surface area contributed by atoms with Crippen LogP contribution < -0.4 is 5.32 Å². The third kappa shape index (κ3) is 3.81. The molecule has 1 aromatic rings. The molecular weight excluding hydrogens is 254 g/mol. The molecule has 1 aromatic heterocycles. The number of rotatable bonds is 5. The summed E-state index contributed by atoms with van der Waals surface area (Å²) in [5, 5.41) is 17.5. The molecule has 0 spiro atoms. The average molecular weight is 281 g/mol. The summed E-state index contributed by atoms with van der Waals surface area (Å²) in [7, 11) is 0. The molecule has 2 N–H and O–H groups in total. The third-order valence-corrected chi connectivity index (χ3v) is 4.04. The maximum atomic E-state index is 9.64. The Morgan fingerprint density at radius 3 is 2.65 bits per heavy atom. The van der Waals surface area contributed by atoms with Crippen LogP contribution in [0.2, 0.25) is 0 Å². The molecule has 1 fully saturated rings. The minimum Gasteiger partial charge on any atom is -0.396 e. The molecule has 0 amide bonds. The van der Waals surface area contributed by atoms with E-state index < -0.39 is 0 Å². The van der Waals surface area contributed by atoms with Gasteiger partial charge in [-0.3, -0.25) is 4.68 Å². The molecule has 0 aliphatic carbocycles. The molecule has 20 heavy (non-hydrogen) atoms. The summed E-state index contributed by atoms with van der Waals surface area (Å²) in [5.41, 5.74) is 1.18. The van der Waals surface area contributed by atoms with Crippen molar-refractivity contribution < 1.29 is 9.84 Å². The number of hydrogen-bond acceptors (Lipinski definition) is 4. The smallest absolute Gasteiger partial charge is 0.0543 e. The van der Waals surface area contributed by atoms with Crippen molar-refractivity contribution in [2.24, 2.45) is 5.41 Å². The monoisotopic (exact) mass is 281 g/mol. The summed E-state index contributed by atoms with van der Waals surface area (Å²) in [6.07, 6.45) is 5.85. The van der Waals surface area contributed by atoms with E-state index in [1.807, 2.05) is 10.9 Å². The predicted molar refractivity (Wildman–Crippen MR) is 78.5 cm³/mol. The van der Waals surface area contributed by atoms with Crippen LogP contribution >= 0.6 is 0 Å². The fourth-order valence-electron chi connectivity index (χ4n) is 2.49. The van der Waals surface area contributed by atoms with Crippen molar-refractivity contribution in [2.75, 3.05) is 26.4 Å². The fraction of sp³-hybridized carbons (Fsp3) is 0.800. The van der Waals surface area contributed by atoms with E-state index >= 15 is 0 Å². The van der Waals surface area contributed by atoms with Crippen molar-refractivity contribution in [1.82, 2.24) is 15.1 Å². The number of nitrogens with one attached hydrogen (secondary N) is 1. The highest BCUT2D eigenvalue weighted by atomic mass is 16.5. The molecule has 0 saturated carbocycles. The number of aliphatic hydroxyl groups excluding tert-OH is 1. The van der Waals surface area contributed by atoms with Gasteiger partial charge in [0.2, 0.25) is 0 Å². The Bertz CT molecular complexity index is 417. The summed E-state index contributed by atoms with van der Waals surface area (Å²) in [6, 6.07) is 0. The Kier molecular flexibility index (Phi) is 4.83. The van der Waals surface area contributed by atoms with Crippen LogP contribution in [0, 0.1) is 5.41 Å². The zero-order valence-electron chi connectivity index (χ0n) is 12.9. The lowest BCUT2D eigenvalue weighted by molar-refractivity contribution is -0.0154. The van der Waals surface area contributed by atoms with Gasteiger partial charge in [0.05, 0.1) is 18.3 Å². The molecule has 2 heterocycles. The van der Waals surface area contributed by atoms with E-state index in [0.29, 0.717) is 0 Å². The van der Waals surface area contributed by atoms with E-state index in [4.69, 9.17) is 4.74 Å². The minimum atomic E-state index is -0.0156. The van der Waals surface area contributed by atoms with Crippen molar-refractivity contribution in [3.8, 4) is 0 Å². The Balaban J connectivity index is 1.84. The SMILES string of the molecule is CC(C)(C)n1cc(CNCC2(CO)CCOCC2)cn1. The van der Waals surface area contributed by atoms with Crippen LogP contribution in [0.25, 0.3) is 0 Å². The van der Waals surface area contributed by atoms with Gasteiger partial charge in [-0.2, -0.15) is 5.10 Å². The standard InChI is InChI=1S/C15H27N3O2/c1-14(2,3)18-10-13(9-17-18)8-16-11-15(12-19)4-6-20-7-5-15/h9-10,16,19H,4-8,11-12H2,1-3H3. The van der Waals surface area contributed by atoms with Crippen molar-refractivity contribution in [2.45, 2.75) is 45.7 Å². The van der Waals surface area contributed by atoms with Crippen LogP contribution in [0.1, 0.15) is 39.2 Å². The van der Waals surface area contributed by atoms with Crippen molar-refractivity contribution in [1.29, 1.82) is 0 Å². The number of ether oxygens (including phenoxy) is 1. The highest BCUT2D eigenvalue weighted by molar-refractivity contribution is 5.05. The van der Waals surface area contributed by atoms with Crippen LogP contribution in [0.3, 0.4) is 0 Å². The van der Waals surface area contributed by atoms with Gasteiger partial charge in [-0.1, -0.05) is 0 Å². The lowest BCUT2D eigenvalue weighted by Crippen LogP contribution is -2.41. The average Bonchev–Trinajstić information content (AvgIpc) is 2.89. The molecule has 114 valence electrons. The second-order valence-electron chi connectivity index (χ2n) is 6.84. The van der Waals surface area contributed by atoms with E-state index in [1.54, 1.807) is 0 Å². The van der Waals surface area contributed by atoms with Gasteiger partial charge in [-0.05, 0) is 33.6 Å². The van der Waals surface area contributed by atoms with Crippen molar-refractivity contribution in [3.05, 3.63) is 18.0 Å². The number of hydrogen-bond donors (Lipinski definition) is 2. The molecule has 1 saturated heterocycles. The zero-order chi connectivity index (χ0) is 14.6. The van der Waals surface area contributed by atoms with Crippen LogP contribution in [0.5, 0.6) is 0 Å². The second-order valence-corrected chi connectivity index (χ2v) is 6.84. The van der Waals surface area contributed by atoms with Gasteiger partial charge in [-0.25, -0.2) is 0 Å². The van der Waals surface area contributed by atoms with E-state index in [1.165, 1.54) is 5.56 Å². The highest BCUT2D eigenvalue weighted by Crippen LogP contribution is 2.29. The Hall–Kier alpha value is -0.910. The van der Waals surface area contributed by atoms with Crippen LogP contribution in [-0.4, -0.2) is 41.3 Å². The first-order valence-electron chi connectivity index (χ1n) is 7.39. The molecule has 1 aliphatic rings. The van der Waals surface area contributed by atoms with Gasteiger partial charge in [-0.15, -0.1) is 0 Å². The molecular formula is C15H27N3O2. The molecule has 5 nitrogen and oxygen atoms in total. The summed E-state index contributed by atoms with van der Waals surface area (Å²) >= 11 is 0. The van der Waals surface area contributed by atoms with Gasteiger partial charge < -0.3 is 15.2 Å². The Morgan fingerprint density at radius 2 is 2.10 bits per heavy atom. The third-order valence-electron chi connectivity index (χ3n) is 4.04. The molecule has 0 atom stereocenters. The second kappa shape index (κ2) is 6.24. The van der Waals surface area contributed by atoms with Gasteiger partial charge in [0.1, 0.15) is 0 Å². The molecule has 0 bridgehead atoms. The van der Waals surface area contributed by atoms with E-state index in [9.17, 15) is 5.11 Å². The number of aromatic nitrogens is 2. The quantitative estimate of drug-likeness (QED) is 0.859. The van der Waals surface area contributed by atoms with Crippen molar-refractivity contribution >= 4 is 0 Å². The summed E-state index contributed by atoms with van der Waals surface area (Å²) in [6.45, 7) is 9.77. The maximum Gasteiger partial charge on any atom is 0.0543 e. The first-order valence-corrected chi connectivity index (χ1v) is 7.39. The van der Waals surface area contributed by atoms with Crippen LogP contribution in [0.15, 0.2) is 12.4 Å². The summed E-state index contributed by atoms with van der Waals surface area (Å²) in [5.74, 6) is 0. The van der Waals surface area contributed by atoms with Gasteiger partial charge in [0.25, 0.3) is 0 Å². The van der Waals surface area contributed by atoms with E-state index in [-0.39, 0.29) is 17.6 Å². The van der Waals surface area contributed by atoms with Gasteiger partial charge in [0, 0.05) is 43.5 Å². The lowest BCUT2D eigenvalue weighted by atomic mass is 9.81. The molecule has 0 radical (unpaired) electrons. The minimum absolute atomic E-state index is 0.0156. The van der Waals surface area contributed by atoms with Gasteiger partial charge >= 0.3 is 0 Å². The van der Waals surface area contributed by atoms with E-state index in [0.717, 1.165) is 39.1 Å². The normalized spacial score (nSPS) is 19.2. The van der Waals surface area contributed by atoms with Crippen LogP contribution in [-0.2, 0) is 16.8 Å². The number of aliphatic hydroxyl groups is 1. The first-order chi connectivity index (χ1) is 9.45. The summed E-state index contributed by atoms with van der Waals surface area (Å²) < 4.78 is 7.37. The highest BCUT2D eigenvalue weighted by Gasteiger charge is 2.31. The molecule has 2 rings (SSSR count). The molecule has 0 unspecified atom stereocenters. The largest absolute Gasteiger partial charge is 0.396 e. The number of nitrogens with zero attached hydrogens (tertiary/aromatic N) is 2. The molecule has 0 aromatic carbocycles. The molecule has 5 heteroatoms. The fourth-order valence-corrected chi connectivity index (χ4v) is 2.49. The van der Waals surface area contributed by atoms with Crippen LogP contribution in [0.4, 0.5) is 0 Å². The Morgan fingerprint density at radius 1 is 1.40 bits per heavy atom. The summed E-state index contributed by atoms with van der Waals surface area (Å²) in [4.78, 5) is 0. The predicted octanol–water partition coefficient (Wildman–Crippen LogP) is 1.52. The zero-order valence-corrected chi connectivity index (χ0v) is 12.9. The molecule has 1 aliphatic heterocycles.